The molecule has 0 spiro atoms. The molecule has 1 aromatic heterocycles. The molecule has 0 radical (unpaired) electrons. The third kappa shape index (κ3) is 4.08. The predicted molar refractivity (Wildman–Crippen MR) is 117 cm³/mol. The molecule has 2 amide bonds. The summed E-state index contributed by atoms with van der Waals surface area (Å²) < 4.78 is 5.00. The number of rotatable bonds is 5. The normalized spacial score (nSPS) is 19.7. The Labute approximate surface area is 181 Å². The second kappa shape index (κ2) is 8.53. The molecule has 3 aliphatic heterocycles. The van der Waals surface area contributed by atoms with Gasteiger partial charge in [0, 0.05) is 36.2 Å². The van der Waals surface area contributed by atoms with Crippen LogP contribution in [0.4, 0.5) is 10.5 Å². The molecule has 30 heavy (non-hydrogen) atoms. The number of likely N-dealkylation sites (tertiary alicyclic amines) is 1. The van der Waals surface area contributed by atoms with Crippen LogP contribution in [0.25, 0.3) is 11.6 Å². The minimum absolute atomic E-state index is 0. The second-order valence-corrected chi connectivity index (χ2v) is 7.87. The third-order valence-corrected chi connectivity index (χ3v) is 5.76. The van der Waals surface area contributed by atoms with Crippen LogP contribution in [-0.4, -0.2) is 53.0 Å². The third-order valence-electron chi connectivity index (χ3n) is 5.76. The summed E-state index contributed by atoms with van der Waals surface area (Å²) in [5.74, 6) is -0.103. The van der Waals surface area contributed by atoms with Gasteiger partial charge in [-0.05, 0) is 61.3 Å². The van der Waals surface area contributed by atoms with Crippen LogP contribution in [0.3, 0.4) is 0 Å². The number of halogens is 1. The Morgan fingerprint density at radius 2 is 1.87 bits per heavy atom. The van der Waals surface area contributed by atoms with Crippen molar-refractivity contribution in [3.05, 3.63) is 52.8 Å². The van der Waals surface area contributed by atoms with E-state index in [1.54, 1.807) is 4.90 Å². The molecule has 2 fully saturated rings. The first-order chi connectivity index (χ1) is 14.2. The lowest BCUT2D eigenvalue weighted by Gasteiger charge is -2.13. The smallest absolute Gasteiger partial charge is 0.410 e. The van der Waals surface area contributed by atoms with Crippen molar-refractivity contribution >= 4 is 41.7 Å². The summed E-state index contributed by atoms with van der Waals surface area (Å²) in [6.07, 6.45) is 6.19. The summed E-state index contributed by atoms with van der Waals surface area (Å²) >= 11 is 0. The van der Waals surface area contributed by atoms with E-state index in [2.05, 4.69) is 21.3 Å². The Morgan fingerprint density at radius 1 is 1.03 bits per heavy atom. The number of H-pyrrole nitrogens is 1. The van der Waals surface area contributed by atoms with Crippen molar-refractivity contribution in [1.29, 1.82) is 0 Å². The second-order valence-electron chi connectivity index (χ2n) is 7.87. The summed E-state index contributed by atoms with van der Waals surface area (Å²) in [5.41, 5.74) is 5.45. The SMILES string of the molecule is Cl.O=C1Nc2ccc(CN3CCOC3=O)cc2C1=Cc1cc(CN2CCCC2)c[nH]1. The van der Waals surface area contributed by atoms with E-state index in [1.165, 1.54) is 18.4 Å². The first kappa shape index (κ1) is 20.5. The lowest BCUT2D eigenvalue weighted by Crippen LogP contribution is -2.23. The highest BCUT2D eigenvalue weighted by Crippen LogP contribution is 2.34. The number of carbonyl (C=O) groups is 2. The Balaban J connectivity index is 0.00000218. The van der Waals surface area contributed by atoms with Gasteiger partial charge in [0.15, 0.2) is 0 Å². The monoisotopic (exact) mass is 428 g/mol. The van der Waals surface area contributed by atoms with Gasteiger partial charge in [0.1, 0.15) is 6.61 Å². The number of carbonyl (C=O) groups excluding carboxylic acids is 2. The van der Waals surface area contributed by atoms with Crippen LogP contribution < -0.4 is 5.32 Å². The fourth-order valence-corrected chi connectivity index (χ4v) is 4.25. The average molecular weight is 429 g/mol. The maximum absolute atomic E-state index is 12.5. The summed E-state index contributed by atoms with van der Waals surface area (Å²) in [4.78, 5) is 31.7. The molecule has 2 N–H and O–H groups in total. The lowest BCUT2D eigenvalue weighted by atomic mass is 10.0. The first-order valence-electron chi connectivity index (χ1n) is 10.1. The van der Waals surface area contributed by atoms with E-state index in [0.717, 1.165) is 42.1 Å². The minimum Gasteiger partial charge on any atom is -0.448 e. The van der Waals surface area contributed by atoms with Crippen molar-refractivity contribution in [2.75, 3.05) is 31.6 Å². The number of cyclic esters (lactones) is 1. The summed E-state index contributed by atoms with van der Waals surface area (Å²) in [6, 6.07) is 7.94. The van der Waals surface area contributed by atoms with Gasteiger partial charge in [0.05, 0.1) is 12.1 Å². The summed E-state index contributed by atoms with van der Waals surface area (Å²) in [6.45, 7) is 4.77. The molecule has 0 bridgehead atoms. The molecular weight excluding hydrogens is 404 g/mol. The summed E-state index contributed by atoms with van der Waals surface area (Å²) in [7, 11) is 0. The number of ether oxygens (including phenoxy) is 1. The molecule has 0 saturated carbocycles. The van der Waals surface area contributed by atoms with Gasteiger partial charge in [-0.2, -0.15) is 0 Å². The summed E-state index contributed by atoms with van der Waals surface area (Å²) in [5, 5.41) is 2.93. The van der Waals surface area contributed by atoms with Crippen LogP contribution in [-0.2, 0) is 22.6 Å². The molecule has 0 atom stereocenters. The molecule has 0 aliphatic carbocycles. The van der Waals surface area contributed by atoms with Gasteiger partial charge >= 0.3 is 6.09 Å². The number of anilines is 1. The number of aromatic nitrogens is 1. The standard InChI is InChI=1S/C22H24N4O3.ClH/c27-21-19(11-17-9-16(12-23-17)13-25-5-1-2-6-25)18-10-15(3-4-20(18)24-21)14-26-7-8-29-22(26)28;/h3-4,9-12,23H,1-2,5-8,13-14H2,(H,24,27);1H. The molecule has 8 heteroatoms. The van der Waals surface area contributed by atoms with Crippen molar-refractivity contribution in [2.45, 2.75) is 25.9 Å². The molecule has 158 valence electrons. The van der Waals surface area contributed by atoms with E-state index in [-0.39, 0.29) is 24.4 Å². The first-order valence-corrected chi connectivity index (χ1v) is 10.1. The molecule has 4 heterocycles. The number of amides is 2. The topological polar surface area (TPSA) is 77.7 Å². The number of nitrogens with one attached hydrogen (secondary N) is 2. The lowest BCUT2D eigenvalue weighted by molar-refractivity contribution is -0.110. The molecule has 1 aromatic carbocycles. The van der Waals surface area contributed by atoms with Gasteiger partial charge in [-0.15, -0.1) is 12.4 Å². The molecular formula is C22H25ClN4O3. The zero-order chi connectivity index (χ0) is 19.8. The number of hydrogen-bond donors (Lipinski definition) is 2. The van der Waals surface area contributed by atoms with E-state index in [4.69, 9.17) is 4.74 Å². The zero-order valence-electron chi connectivity index (χ0n) is 16.6. The van der Waals surface area contributed by atoms with Crippen molar-refractivity contribution < 1.29 is 14.3 Å². The number of hydrogen-bond acceptors (Lipinski definition) is 4. The van der Waals surface area contributed by atoms with Crippen molar-refractivity contribution in [3.8, 4) is 0 Å². The van der Waals surface area contributed by atoms with Gasteiger partial charge < -0.3 is 19.9 Å². The Hall–Kier alpha value is -2.77. The Bertz CT molecular complexity index is 994. The van der Waals surface area contributed by atoms with Gasteiger partial charge in [-0.1, -0.05) is 6.07 Å². The predicted octanol–water partition coefficient (Wildman–Crippen LogP) is 3.48. The maximum atomic E-state index is 12.5. The van der Waals surface area contributed by atoms with Crippen molar-refractivity contribution in [1.82, 2.24) is 14.8 Å². The quantitative estimate of drug-likeness (QED) is 0.715. The fourth-order valence-electron chi connectivity index (χ4n) is 4.25. The highest BCUT2D eigenvalue weighted by atomic mass is 35.5. The number of aromatic amines is 1. The van der Waals surface area contributed by atoms with Crippen molar-refractivity contribution in [3.63, 3.8) is 0 Å². The van der Waals surface area contributed by atoms with E-state index in [9.17, 15) is 9.59 Å². The van der Waals surface area contributed by atoms with Crippen LogP contribution in [0.15, 0.2) is 30.5 Å². The molecule has 2 saturated heterocycles. The minimum atomic E-state index is -0.285. The van der Waals surface area contributed by atoms with Crippen LogP contribution in [0.1, 0.15) is 35.2 Å². The Morgan fingerprint density at radius 3 is 2.63 bits per heavy atom. The van der Waals surface area contributed by atoms with Gasteiger partial charge in [-0.3, -0.25) is 9.69 Å². The number of fused-ring (bicyclic) bond motifs is 1. The molecule has 2 aromatic rings. The zero-order valence-corrected chi connectivity index (χ0v) is 17.5. The van der Waals surface area contributed by atoms with Crippen LogP contribution in [0.2, 0.25) is 0 Å². The largest absolute Gasteiger partial charge is 0.448 e. The highest BCUT2D eigenvalue weighted by molar-refractivity contribution is 6.34. The fraction of sp³-hybridized carbons (Fsp3) is 0.364. The average Bonchev–Trinajstić information content (AvgIpc) is 3.49. The van der Waals surface area contributed by atoms with Crippen LogP contribution in [0, 0.1) is 0 Å². The molecule has 3 aliphatic rings. The number of benzene rings is 1. The number of nitrogens with zero attached hydrogens (tertiary/aromatic N) is 2. The van der Waals surface area contributed by atoms with Gasteiger partial charge in [0.2, 0.25) is 0 Å². The van der Waals surface area contributed by atoms with Gasteiger partial charge in [0.25, 0.3) is 5.91 Å². The molecule has 5 rings (SSSR count). The molecule has 0 unspecified atom stereocenters. The molecule has 7 nitrogen and oxygen atoms in total. The van der Waals surface area contributed by atoms with E-state index >= 15 is 0 Å². The maximum Gasteiger partial charge on any atom is 0.410 e. The van der Waals surface area contributed by atoms with Crippen LogP contribution in [0.5, 0.6) is 0 Å². The van der Waals surface area contributed by atoms with E-state index in [0.29, 0.717) is 25.3 Å². The van der Waals surface area contributed by atoms with E-state index in [1.807, 2.05) is 30.5 Å². The van der Waals surface area contributed by atoms with E-state index < -0.39 is 0 Å². The van der Waals surface area contributed by atoms with Crippen LogP contribution >= 0.6 is 12.4 Å². The highest BCUT2D eigenvalue weighted by Gasteiger charge is 2.26. The van der Waals surface area contributed by atoms with Crippen molar-refractivity contribution in [2.24, 2.45) is 0 Å². The van der Waals surface area contributed by atoms with Gasteiger partial charge in [-0.25, -0.2) is 4.79 Å². The Kier molecular flexibility index (Phi) is 5.83.